The molecule has 1 rings (SSSR count). The Morgan fingerprint density at radius 1 is 1.10 bits per heavy atom. The van der Waals surface area contributed by atoms with Crippen LogP contribution < -0.4 is 0 Å². The summed E-state index contributed by atoms with van der Waals surface area (Å²) in [5.41, 5.74) is 0. The summed E-state index contributed by atoms with van der Waals surface area (Å²) >= 11 is 0. The molecule has 1 aliphatic heterocycles. The first-order chi connectivity index (χ1) is 10.1. The maximum atomic E-state index is 11.3. The Morgan fingerprint density at radius 3 is 2.43 bits per heavy atom. The van der Waals surface area contributed by atoms with Crippen LogP contribution in [0.2, 0.25) is 0 Å². The summed E-state index contributed by atoms with van der Waals surface area (Å²) in [6.45, 7) is 2.30. The van der Waals surface area contributed by atoms with Gasteiger partial charge in [0, 0.05) is 25.7 Å². The van der Waals surface area contributed by atoms with Crippen LogP contribution in [0.1, 0.15) is 58.3 Å². The number of hydrogen-bond donors (Lipinski definition) is 0. The third kappa shape index (κ3) is 6.80. The normalized spacial score (nSPS) is 13.9. The quantitative estimate of drug-likeness (QED) is 0.312. The molecule has 0 aromatic rings. The van der Waals surface area contributed by atoms with Crippen molar-refractivity contribution in [2.75, 3.05) is 6.61 Å². The first-order valence-corrected chi connectivity index (χ1v) is 7.31. The molecule has 0 aromatic carbocycles. The molecule has 2 amide bonds. The van der Waals surface area contributed by atoms with E-state index in [0.29, 0.717) is 11.5 Å². The van der Waals surface area contributed by atoms with Crippen molar-refractivity contribution in [3.63, 3.8) is 0 Å². The molecule has 1 fully saturated rings. The van der Waals surface area contributed by atoms with Crippen molar-refractivity contribution in [2.45, 2.75) is 58.3 Å². The van der Waals surface area contributed by atoms with Gasteiger partial charge in [0.15, 0.2) is 0 Å². The van der Waals surface area contributed by atoms with E-state index >= 15 is 0 Å². The molecule has 1 aliphatic rings. The topological polar surface area (TPSA) is 72.9 Å². The zero-order valence-electron chi connectivity index (χ0n) is 12.4. The van der Waals surface area contributed by atoms with Gasteiger partial charge >= 0.3 is 6.16 Å². The fourth-order valence-corrected chi connectivity index (χ4v) is 1.71. The number of carbonyl (C=O) groups is 3. The van der Waals surface area contributed by atoms with Gasteiger partial charge in [-0.3, -0.25) is 14.4 Å². The number of amides is 2. The van der Waals surface area contributed by atoms with Gasteiger partial charge in [-0.05, 0) is 25.7 Å². The van der Waals surface area contributed by atoms with Gasteiger partial charge in [-0.2, -0.15) is 0 Å². The fraction of sp³-hybridized carbons (Fsp3) is 0.667. The van der Waals surface area contributed by atoms with Gasteiger partial charge in [0.05, 0.1) is 6.61 Å². The molecule has 1 heterocycles. The van der Waals surface area contributed by atoms with Crippen LogP contribution in [-0.2, 0) is 19.2 Å². The molecule has 0 aliphatic carbocycles. The molecular formula is C15H21NO5. The van der Waals surface area contributed by atoms with E-state index in [2.05, 4.69) is 23.6 Å². The zero-order chi connectivity index (χ0) is 15.5. The van der Waals surface area contributed by atoms with Gasteiger partial charge in [0.1, 0.15) is 0 Å². The van der Waals surface area contributed by atoms with Crippen LogP contribution in [-0.4, -0.2) is 29.6 Å². The Kier molecular flexibility index (Phi) is 7.95. The van der Waals surface area contributed by atoms with E-state index in [0.717, 1.165) is 32.1 Å². The summed E-state index contributed by atoms with van der Waals surface area (Å²) in [4.78, 5) is 38.2. The standard InChI is InChI=1S/C15H21NO5/c1-2-3-4-5-6-7-8-9-12-20-15(19)21-16-13(17)10-11-14(16)18/h2-3,6-12H2,1H3. The highest BCUT2D eigenvalue weighted by atomic mass is 16.8. The van der Waals surface area contributed by atoms with Crippen molar-refractivity contribution in [1.82, 2.24) is 5.06 Å². The van der Waals surface area contributed by atoms with Crippen LogP contribution in [0.25, 0.3) is 0 Å². The molecule has 0 unspecified atom stereocenters. The second-order valence-corrected chi connectivity index (χ2v) is 4.69. The van der Waals surface area contributed by atoms with Crippen molar-refractivity contribution in [3.8, 4) is 11.8 Å². The first kappa shape index (κ1) is 17.0. The Hall–Kier alpha value is -2.03. The number of ether oxygens (including phenoxy) is 1. The fourth-order valence-electron chi connectivity index (χ4n) is 1.71. The summed E-state index contributed by atoms with van der Waals surface area (Å²) < 4.78 is 4.80. The minimum atomic E-state index is -1.01. The number of carbonyl (C=O) groups excluding carboxylic acids is 3. The molecular weight excluding hydrogens is 274 g/mol. The average molecular weight is 295 g/mol. The van der Waals surface area contributed by atoms with Crippen LogP contribution >= 0.6 is 0 Å². The minimum Gasteiger partial charge on any atom is -0.433 e. The number of nitrogens with zero attached hydrogens (tertiary/aromatic N) is 1. The van der Waals surface area contributed by atoms with Gasteiger partial charge in [-0.1, -0.05) is 12.0 Å². The van der Waals surface area contributed by atoms with E-state index in [9.17, 15) is 14.4 Å². The van der Waals surface area contributed by atoms with Crippen LogP contribution in [0.15, 0.2) is 0 Å². The molecule has 0 spiro atoms. The predicted octanol–water partition coefficient (Wildman–Crippen LogP) is 2.57. The van der Waals surface area contributed by atoms with E-state index in [1.165, 1.54) is 0 Å². The maximum absolute atomic E-state index is 11.3. The second kappa shape index (κ2) is 9.81. The summed E-state index contributed by atoms with van der Waals surface area (Å²) in [6.07, 6.45) is 4.55. The molecule has 21 heavy (non-hydrogen) atoms. The van der Waals surface area contributed by atoms with E-state index in [1.807, 2.05) is 0 Å². The molecule has 6 heteroatoms. The molecule has 116 valence electrons. The number of hydrogen-bond acceptors (Lipinski definition) is 5. The van der Waals surface area contributed by atoms with Crippen molar-refractivity contribution < 1.29 is 24.0 Å². The summed E-state index contributed by atoms with van der Waals surface area (Å²) in [5.74, 6) is 5.13. The molecule has 6 nitrogen and oxygen atoms in total. The molecule has 1 saturated heterocycles. The number of hydroxylamine groups is 2. The van der Waals surface area contributed by atoms with E-state index in [-0.39, 0.29) is 19.4 Å². The van der Waals surface area contributed by atoms with Crippen molar-refractivity contribution in [1.29, 1.82) is 0 Å². The van der Waals surface area contributed by atoms with Gasteiger partial charge < -0.3 is 4.74 Å². The van der Waals surface area contributed by atoms with Crippen LogP contribution in [0.4, 0.5) is 4.79 Å². The van der Waals surface area contributed by atoms with Crippen molar-refractivity contribution >= 4 is 18.0 Å². The highest BCUT2D eigenvalue weighted by Crippen LogP contribution is 2.12. The van der Waals surface area contributed by atoms with Crippen LogP contribution in [0.3, 0.4) is 0 Å². The second-order valence-electron chi connectivity index (χ2n) is 4.69. The highest BCUT2D eigenvalue weighted by molar-refractivity contribution is 6.01. The van der Waals surface area contributed by atoms with Gasteiger partial charge in [0.2, 0.25) is 0 Å². The highest BCUT2D eigenvalue weighted by Gasteiger charge is 2.33. The third-order valence-electron chi connectivity index (χ3n) is 2.84. The minimum absolute atomic E-state index is 0.0746. The lowest BCUT2D eigenvalue weighted by atomic mass is 10.2. The molecule has 0 N–H and O–H groups in total. The van der Waals surface area contributed by atoms with Gasteiger partial charge in [-0.15, -0.1) is 11.8 Å². The van der Waals surface area contributed by atoms with Crippen molar-refractivity contribution in [2.24, 2.45) is 0 Å². The average Bonchev–Trinajstić information content (AvgIpc) is 2.77. The molecule has 0 bridgehead atoms. The SMILES string of the molecule is CCCC#CCCCCCOC(=O)ON1C(=O)CCC1=O. The van der Waals surface area contributed by atoms with E-state index < -0.39 is 18.0 Å². The van der Waals surface area contributed by atoms with Crippen LogP contribution in [0.5, 0.6) is 0 Å². The predicted molar refractivity (Wildman–Crippen MR) is 74.7 cm³/mol. The Balaban J connectivity index is 2.03. The Bertz CT molecular complexity index is 419. The number of rotatable bonds is 7. The summed E-state index contributed by atoms with van der Waals surface area (Å²) in [5, 5.41) is 0.478. The lowest BCUT2D eigenvalue weighted by Gasteiger charge is -2.12. The summed E-state index contributed by atoms with van der Waals surface area (Å²) in [7, 11) is 0. The smallest absolute Gasteiger partial charge is 0.433 e. The lowest BCUT2D eigenvalue weighted by Crippen LogP contribution is -2.32. The van der Waals surface area contributed by atoms with Gasteiger partial charge in [0.25, 0.3) is 11.8 Å². The van der Waals surface area contributed by atoms with Crippen molar-refractivity contribution in [3.05, 3.63) is 0 Å². The molecule has 0 aromatic heterocycles. The number of unbranched alkanes of at least 4 members (excludes halogenated alkanes) is 4. The monoisotopic (exact) mass is 295 g/mol. The largest absolute Gasteiger partial charge is 0.533 e. The number of imide groups is 1. The first-order valence-electron chi connectivity index (χ1n) is 7.31. The molecule has 0 saturated carbocycles. The maximum Gasteiger partial charge on any atom is 0.533 e. The molecule has 0 atom stereocenters. The zero-order valence-corrected chi connectivity index (χ0v) is 12.4. The summed E-state index contributed by atoms with van der Waals surface area (Å²) in [6, 6.07) is 0. The lowest BCUT2D eigenvalue weighted by molar-refractivity contribution is -0.177. The van der Waals surface area contributed by atoms with Crippen LogP contribution in [0, 0.1) is 11.8 Å². The Labute approximate surface area is 124 Å². The van der Waals surface area contributed by atoms with Gasteiger partial charge in [-0.25, -0.2) is 4.79 Å². The van der Waals surface area contributed by atoms with E-state index in [4.69, 9.17) is 4.74 Å². The van der Waals surface area contributed by atoms with E-state index in [1.54, 1.807) is 0 Å². The Morgan fingerprint density at radius 2 is 1.76 bits per heavy atom. The molecule has 0 radical (unpaired) electrons. The third-order valence-corrected chi connectivity index (χ3v) is 2.84.